The normalized spacial score (nSPS) is 26.1. The van der Waals surface area contributed by atoms with Gasteiger partial charge >= 0.3 is 0 Å². The highest BCUT2D eigenvalue weighted by atomic mass is 16.5. The molecular weight excluding hydrogens is 298 g/mol. The third-order valence-electron chi connectivity index (χ3n) is 6.02. The molecule has 1 saturated heterocycles. The van der Waals surface area contributed by atoms with Gasteiger partial charge in [0, 0.05) is 26.2 Å². The molecular formula is C20H29N3O. The van der Waals surface area contributed by atoms with Crippen molar-refractivity contribution in [3.63, 3.8) is 0 Å². The van der Waals surface area contributed by atoms with Crippen molar-refractivity contribution in [2.24, 2.45) is 11.8 Å². The third-order valence-corrected chi connectivity index (χ3v) is 6.02. The predicted molar refractivity (Wildman–Crippen MR) is 98.4 cm³/mol. The van der Waals surface area contributed by atoms with Crippen molar-refractivity contribution in [2.45, 2.75) is 39.0 Å². The van der Waals surface area contributed by atoms with Gasteiger partial charge in [-0.3, -0.25) is 4.90 Å². The lowest BCUT2D eigenvalue weighted by Gasteiger charge is -2.36. The van der Waals surface area contributed by atoms with Crippen LogP contribution in [0.25, 0.3) is 11.0 Å². The first-order valence-electron chi connectivity index (χ1n) is 9.61. The summed E-state index contributed by atoms with van der Waals surface area (Å²) in [6.07, 6.45) is 7.17. The number of piperazine rings is 1. The number of aromatic nitrogens is 1. The number of rotatable bonds is 4. The molecule has 0 radical (unpaired) electrons. The first-order valence-corrected chi connectivity index (χ1v) is 9.61. The minimum Gasteiger partial charge on any atom is -0.354 e. The maximum atomic E-state index is 5.46. The molecule has 2 heterocycles. The number of anilines is 1. The van der Waals surface area contributed by atoms with E-state index in [1.165, 1.54) is 38.6 Å². The van der Waals surface area contributed by atoms with Crippen LogP contribution in [0.4, 0.5) is 5.82 Å². The van der Waals surface area contributed by atoms with Crippen LogP contribution < -0.4 is 4.90 Å². The Kier molecular flexibility index (Phi) is 4.74. The molecule has 2 fully saturated rings. The van der Waals surface area contributed by atoms with Gasteiger partial charge in [-0.25, -0.2) is 0 Å². The van der Waals surface area contributed by atoms with Crippen molar-refractivity contribution in [1.82, 2.24) is 10.1 Å². The fourth-order valence-electron chi connectivity index (χ4n) is 4.27. The van der Waals surface area contributed by atoms with Gasteiger partial charge in [0.1, 0.15) is 0 Å². The summed E-state index contributed by atoms with van der Waals surface area (Å²) >= 11 is 0. The van der Waals surface area contributed by atoms with Gasteiger partial charge in [-0.1, -0.05) is 49.9 Å². The zero-order valence-corrected chi connectivity index (χ0v) is 14.8. The van der Waals surface area contributed by atoms with Gasteiger partial charge in [0.25, 0.3) is 0 Å². The number of benzene rings is 1. The molecule has 0 amide bonds. The van der Waals surface area contributed by atoms with Crippen LogP contribution in [-0.4, -0.2) is 42.8 Å². The van der Waals surface area contributed by atoms with Crippen molar-refractivity contribution < 1.29 is 4.52 Å². The van der Waals surface area contributed by atoms with E-state index in [2.05, 4.69) is 34.0 Å². The summed E-state index contributed by atoms with van der Waals surface area (Å²) in [6.45, 7) is 8.07. The van der Waals surface area contributed by atoms with E-state index in [1.54, 1.807) is 0 Å². The molecule has 2 aromatic rings. The van der Waals surface area contributed by atoms with Crippen LogP contribution in [0.3, 0.4) is 0 Å². The molecule has 2 aliphatic rings. The molecule has 4 nitrogen and oxygen atoms in total. The van der Waals surface area contributed by atoms with Crippen molar-refractivity contribution in [3.05, 3.63) is 24.3 Å². The molecule has 4 rings (SSSR count). The quantitative estimate of drug-likeness (QED) is 0.844. The molecule has 0 spiro atoms. The zero-order valence-electron chi connectivity index (χ0n) is 14.8. The summed E-state index contributed by atoms with van der Waals surface area (Å²) in [6, 6.07) is 8.16. The van der Waals surface area contributed by atoms with E-state index in [0.717, 1.165) is 54.8 Å². The van der Waals surface area contributed by atoms with E-state index >= 15 is 0 Å². The number of hydrogen-bond acceptors (Lipinski definition) is 4. The van der Waals surface area contributed by atoms with Gasteiger partial charge in [-0.2, -0.15) is 0 Å². The van der Waals surface area contributed by atoms with E-state index in [9.17, 15) is 0 Å². The summed E-state index contributed by atoms with van der Waals surface area (Å²) in [5, 5.41) is 5.44. The van der Waals surface area contributed by atoms with Crippen LogP contribution in [0, 0.1) is 11.8 Å². The first-order chi connectivity index (χ1) is 11.8. The fraction of sp³-hybridized carbons (Fsp3) is 0.650. The van der Waals surface area contributed by atoms with Crippen LogP contribution in [0.15, 0.2) is 28.8 Å². The van der Waals surface area contributed by atoms with Gasteiger partial charge in [0.05, 0.1) is 5.39 Å². The van der Waals surface area contributed by atoms with Crippen molar-refractivity contribution in [3.8, 4) is 0 Å². The molecule has 4 heteroatoms. The maximum Gasteiger partial charge on any atom is 0.180 e. The standard InChI is InChI=1S/C20H29N3O/c1-16-6-8-17(9-7-16)10-11-22-12-14-23(15-13-22)20-18-4-2-3-5-19(18)24-21-20/h2-5,16-17H,6-15H2,1H3/t16-,17-. The van der Waals surface area contributed by atoms with Crippen molar-refractivity contribution in [2.75, 3.05) is 37.6 Å². The highest BCUT2D eigenvalue weighted by Crippen LogP contribution is 2.31. The summed E-state index contributed by atoms with van der Waals surface area (Å²) in [7, 11) is 0. The summed E-state index contributed by atoms with van der Waals surface area (Å²) in [4.78, 5) is 5.02. The smallest absolute Gasteiger partial charge is 0.180 e. The lowest BCUT2D eigenvalue weighted by atomic mass is 9.81. The Balaban J connectivity index is 1.27. The molecule has 0 unspecified atom stereocenters. The minimum atomic E-state index is 0.890. The lowest BCUT2D eigenvalue weighted by molar-refractivity contribution is 0.208. The Morgan fingerprint density at radius 3 is 2.58 bits per heavy atom. The van der Waals surface area contributed by atoms with E-state index in [4.69, 9.17) is 4.52 Å². The van der Waals surface area contributed by atoms with Gasteiger partial charge in [-0.15, -0.1) is 0 Å². The largest absolute Gasteiger partial charge is 0.354 e. The number of hydrogen-bond donors (Lipinski definition) is 0. The van der Waals surface area contributed by atoms with E-state index < -0.39 is 0 Å². The Hall–Kier alpha value is -1.55. The second-order valence-electron chi connectivity index (χ2n) is 7.75. The Bertz CT molecular complexity index is 652. The molecule has 1 aromatic heterocycles. The van der Waals surface area contributed by atoms with Crippen LogP contribution in [0.2, 0.25) is 0 Å². The average Bonchev–Trinajstić information content (AvgIpc) is 3.06. The molecule has 0 atom stereocenters. The van der Waals surface area contributed by atoms with E-state index in [0.29, 0.717) is 0 Å². The zero-order chi connectivity index (χ0) is 16.4. The number of nitrogens with zero attached hydrogens (tertiary/aromatic N) is 3. The highest BCUT2D eigenvalue weighted by Gasteiger charge is 2.23. The summed E-state index contributed by atoms with van der Waals surface area (Å²) < 4.78 is 5.46. The molecule has 130 valence electrons. The minimum absolute atomic E-state index is 0.890. The summed E-state index contributed by atoms with van der Waals surface area (Å²) in [5.41, 5.74) is 0.890. The molecule has 0 N–H and O–H groups in total. The Morgan fingerprint density at radius 2 is 1.79 bits per heavy atom. The lowest BCUT2D eigenvalue weighted by Crippen LogP contribution is -2.47. The van der Waals surface area contributed by atoms with Crippen molar-refractivity contribution >= 4 is 16.8 Å². The van der Waals surface area contributed by atoms with Gasteiger partial charge in [0.2, 0.25) is 0 Å². The van der Waals surface area contributed by atoms with E-state index in [-0.39, 0.29) is 0 Å². The number of fused-ring (bicyclic) bond motifs is 1. The Labute approximate surface area is 144 Å². The van der Waals surface area contributed by atoms with Crippen LogP contribution in [0.5, 0.6) is 0 Å². The van der Waals surface area contributed by atoms with Crippen molar-refractivity contribution in [1.29, 1.82) is 0 Å². The second-order valence-corrected chi connectivity index (χ2v) is 7.75. The summed E-state index contributed by atoms with van der Waals surface area (Å²) in [5.74, 6) is 2.95. The molecule has 1 saturated carbocycles. The Morgan fingerprint density at radius 1 is 1.04 bits per heavy atom. The topological polar surface area (TPSA) is 32.5 Å². The van der Waals surface area contributed by atoms with Gasteiger partial charge in [-0.05, 0) is 36.9 Å². The van der Waals surface area contributed by atoms with Gasteiger partial charge < -0.3 is 9.42 Å². The molecule has 1 aliphatic carbocycles. The van der Waals surface area contributed by atoms with Gasteiger partial charge in [0.15, 0.2) is 11.4 Å². The SMILES string of the molecule is C[C@H]1CC[C@H](CCN2CCN(c3noc4ccccc34)CC2)CC1. The highest BCUT2D eigenvalue weighted by molar-refractivity contribution is 5.88. The maximum absolute atomic E-state index is 5.46. The third kappa shape index (κ3) is 3.44. The molecule has 1 aliphatic heterocycles. The predicted octanol–water partition coefficient (Wildman–Crippen LogP) is 4.17. The fourth-order valence-corrected chi connectivity index (χ4v) is 4.27. The van der Waals surface area contributed by atoms with Crippen LogP contribution in [0.1, 0.15) is 39.0 Å². The number of para-hydroxylation sites is 1. The second kappa shape index (κ2) is 7.14. The van der Waals surface area contributed by atoms with Crippen LogP contribution >= 0.6 is 0 Å². The molecule has 24 heavy (non-hydrogen) atoms. The van der Waals surface area contributed by atoms with Crippen LogP contribution in [-0.2, 0) is 0 Å². The monoisotopic (exact) mass is 327 g/mol. The molecule has 0 bridgehead atoms. The van der Waals surface area contributed by atoms with E-state index in [1.807, 2.05) is 12.1 Å². The first kappa shape index (κ1) is 15.9. The molecule has 1 aromatic carbocycles. The average molecular weight is 327 g/mol.